The fraction of sp³-hybridized carbons (Fsp3) is 0.0353. The van der Waals surface area contributed by atoms with Crippen molar-refractivity contribution in [3.63, 3.8) is 0 Å². The zero-order chi connectivity index (χ0) is 106. The molecule has 0 N–H and O–H groups in total. The van der Waals surface area contributed by atoms with E-state index in [1.165, 1.54) is 0 Å². The van der Waals surface area contributed by atoms with E-state index in [4.69, 9.17) is 63.7 Å². The van der Waals surface area contributed by atoms with Gasteiger partial charge in [-0.1, -0.05) is 280 Å². The lowest BCUT2D eigenvalue weighted by Gasteiger charge is -2.22. The molecular weight excluding hydrogens is 1050 g/mol. The molecule has 1 aliphatic carbocycles. The Labute approximate surface area is 583 Å². The average molecular weight is 1170 g/mol. The molecule has 18 rings (SSSR count). The summed E-state index contributed by atoms with van der Waals surface area (Å²) in [5.74, 6) is 0. The van der Waals surface area contributed by atoms with Crippen LogP contribution in [0.25, 0.3) is 165 Å². The molecule has 0 radical (unpaired) electrons. The van der Waals surface area contributed by atoms with E-state index in [2.05, 4.69) is 0 Å². The number of rotatable bonds is 6. The molecule has 1 aliphatic rings. The van der Waals surface area contributed by atoms with Crippen LogP contribution in [0.2, 0.25) is 0 Å². The minimum atomic E-state index is -3.86. The van der Waals surface area contributed by atoms with Crippen molar-refractivity contribution >= 4 is 87.0 Å². The van der Waals surface area contributed by atoms with Crippen LogP contribution in [0.4, 0.5) is 0 Å². The average Bonchev–Trinajstić information content (AvgIpc) is 1.50. The third-order valence-electron chi connectivity index (χ3n) is 14.4. The SMILES string of the molecule is [2H]c1c([2H])c([2H])c(-c2c([2H])c([2H])c([2H])c3c2oc2c([2H])c([2H])c(-c4c5c([2H])c([2H])c([2H])c([2H])c5c(-c5c([2H])c([2H])c([2H])c([2H])c5[2H])c5c([2H])c([2H])c([2H])c([2H])c45)c([2H])c23)c([2H])c1[2H].[2H]c1c([2H])c([2H])c(-c2c3c([2H])c([2H])c([2H])c([2H])c3c(-c3c([2H])c([2H])c([2H])c4oc5c([2H])c(-c6c([2H])c([2H])c7c(c6[2H])C(C([2H])([2H])[2H])(C([2H])([2H])[2H])c6c([2H])c([2H])c([2H])c([2H])c6-7)c([2H])c([2H])c5c34)c3c([2H])c([2H])c([2H])c([2H])c23)c([2H])c1[2H]. The van der Waals surface area contributed by atoms with Crippen LogP contribution in [0.3, 0.4) is 0 Å². The molecule has 2 heteroatoms. The Morgan fingerprint density at radius 3 is 1.30 bits per heavy atom. The Bertz CT molecular complexity index is 8700. The maximum Gasteiger partial charge on any atom is 0.143 e. The van der Waals surface area contributed by atoms with Gasteiger partial charge in [0.2, 0.25) is 0 Å². The molecular formula is C85H56O2. The predicted octanol–water partition coefficient (Wildman–Crippen LogP) is 24.1. The van der Waals surface area contributed by atoms with Crippen molar-refractivity contribution in [2.75, 3.05) is 0 Å². The van der Waals surface area contributed by atoms with Crippen LogP contribution in [0.1, 0.15) is 102 Å². The molecule has 0 amide bonds. The van der Waals surface area contributed by atoms with E-state index >= 15 is 0 Å². The van der Waals surface area contributed by atoms with Crippen molar-refractivity contribution in [3.8, 4) is 77.9 Å². The van der Waals surface area contributed by atoms with E-state index < -0.39 is 497 Å². The van der Waals surface area contributed by atoms with Crippen molar-refractivity contribution in [1.29, 1.82) is 0 Å². The molecule has 0 saturated heterocycles. The van der Waals surface area contributed by atoms with Gasteiger partial charge in [0.05, 0.1) is 68.5 Å². The second-order valence-electron chi connectivity index (χ2n) is 19.0. The van der Waals surface area contributed by atoms with Crippen molar-refractivity contribution in [2.45, 2.75) is 19.1 Å². The van der Waals surface area contributed by atoms with E-state index in [9.17, 15) is 21.9 Å². The van der Waals surface area contributed by atoms with E-state index in [0.717, 1.165) is 0 Å². The van der Waals surface area contributed by atoms with Gasteiger partial charge in [0.1, 0.15) is 22.3 Å². The maximum absolute atomic E-state index is 9.72. The third kappa shape index (κ3) is 8.02. The summed E-state index contributed by atoms with van der Waals surface area (Å²) in [5, 5.41) is -8.07. The first-order valence-corrected chi connectivity index (χ1v) is 25.6. The minimum Gasteiger partial charge on any atom is -0.456 e. The standard InChI is InChI=1S/C47H32O.C38H24O/c1-47(2)40-21-11-10-15-32(40)33-25-23-30(27-41(33)47)31-24-26-38-43(28-31)48-42-22-12-20-39(46(38)42)45-36-18-8-6-16-34(36)44(29-13-4-3-5-14-29)35-17-7-9-19-37(35)45;1-3-12-25(13-4-1)28-20-11-21-33-34-24-27(22-23-35(34)39-38(28)33)37-31-18-9-7-16-29(31)36(26-14-5-2-6-15-26)30-17-8-10-19-32(30)37/h3-28H,1-2H3;1-24H/i1D3,2D3,3D,4D,5D,6D,7D,8D,9D,10D,11D,12D,13D,14D,15D,16D,17D,18D,19D,20D,21D,22D,23D,24D,25D,26D,27D,28D;1D,2D,3D,4D,5D,6D,7D,8D,9D,10D,11D,12D,13D,14D,15D,16D,17D,18D,19D,20D,21D,22D,23D,24D. The minimum absolute atomic E-state index is 0.513. The summed E-state index contributed by atoms with van der Waals surface area (Å²) in [6, 6.07) is -48.3. The molecule has 408 valence electrons. The molecule has 0 spiro atoms. The Kier molecular flexibility index (Phi) is 4.49. The predicted molar refractivity (Wildman–Crippen MR) is 368 cm³/mol. The Morgan fingerprint density at radius 2 is 0.701 bits per heavy atom. The van der Waals surface area contributed by atoms with Gasteiger partial charge in [-0.3, -0.25) is 0 Å². The van der Waals surface area contributed by atoms with Gasteiger partial charge in [0.25, 0.3) is 0 Å². The van der Waals surface area contributed by atoms with E-state index in [-0.39, 0.29) is 0 Å². The van der Waals surface area contributed by atoms with Gasteiger partial charge in [-0.15, -0.1) is 0 Å². The number of hydrogen-bond acceptors (Lipinski definition) is 2. The highest BCUT2D eigenvalue weighted by atomic mass is 16.3. The van der Waals surface area contributed by atoms with Gasteiger partial charge in [0.15, 0.2) is 0 Å². The highest BCUT2D eigenvalue weighted by molar-refractivity contribution is 6.26. The quantitative estimate of drug-likeness (QED) is 0.155. The lowest BCUT2D eigenvalue weighted by atomic mass is 9.81. The van der Waals surface area contributed by atoms with Gasteiger partial charge < -0.3 is 8.83 Å². The fourth-order valence-corrected chi connectivity index (χ4v) is 10.8. The molecule has 0 aliphatic heterocycles. The lowest BCUT2D eigenvalue weighted by molar-refractivity contribution is 0.660. The van der Waals surface area contributed by atoms with Crippen LogP contribution in [0.15, 0.2) is 311 Å². The van der Waals surface area contributed by atoms with Gasteiger partial charge in [0, 0.05) is 40.7 Å². The smallest absolute Gasteiger partial charge is 0.143 e. The van der Waals surface area contributed by atoms with Gasteiger partial charge in [-0.05, 0) is 163 Å². The number of fused-ring (bicyclic) bond motifs is 13. The summed E-state index contributed by atoms with van der Waals surface area (Å²) in [4.78, 5) is 0. The third-order valence-corrected chi connectivity index (χ3v) is 14.4. The van der Waals surface area contributed by atoms with Crippen molar-refractivity contribution < 1.29 is 85.6 Å². The summed E-state index contributed by atoms with van der Waals surface area (Å²) in [7, 11) is 0. The van der Waals surface area contributed by atoms with E-state index in [1.54, 1.807) is 0 Å². The van der Waals surface area contributed by atoms with Gasteiger partial charge in [-0.25, -0.2) is 0 Å². The van der Waals surface area contributed by atoms with Crippen molar-refractivity contribution in [3.05, 3.63) is 313 Å². The van der Waals surface area contributed by atoms with Crippen molar-refractivity contribution in [1.82, 2.24) is 0 Å². The molecule has 0 atom stereocenters. The molecule has 2 aromatic heterocycles. The molecule has 0 unspecified atom stereocenters. The second-order valence-corrected chi connectivity index (χ2v) is 19.0. The summed E-state index contributed by atoms with van der Waals surface area (Å²) in [6.45, 7) is -7.71. The fourth-order valence-electron chi connectivity index (χ4n) is 10.8. The Balaban J connectivity index is 0.000000202. The highest BCUT2D eigenvalue weighted by Crippen LogP contribution is 2.52. The molecule has 15 aromatic carbocycles. The first-order chi connectivity index (χ1) is 66.2. The van der Waals surface area contributed by atoms with Crippen molar-refractivity contribution in [2.24, 2.45) is 0 Å². The Hall–Kier alpha value is -11.1. The molecule has 17 aromatic rings. The molecule has 0 bridgehead atoms. The molecule has 0 fully saturated rings. The molecule has 87 heavy (non-hydrogen) atoms. The Morgan fingerprint density at radius 1 is 0.253 bits per heavy atom. The molecule has 2 heterocycles. The van der Waals surface area contributed by atoms with E-state index in [1.807, 2.05) is 0 Å². The topological polar surface area (TPSA) is 26.3 Å². The van der Waals surface area contributed by atoms with Gasteiger partial charge >= 0.3 is 0 Å². The summed E-state index contributed by atoms with van der Waals surface area (Å²) >= 11 is 0. The highest BCUT2D eigenvalue weighted by Gasteiger charge is 2.35. The largest absolute Gasteiger partial charge is 0.456 e. The van der Waals surface area contributed by atoms with Gasteiger partial charge in [-0.2, -0.15) is 0 Å². The second kappa shape index (κ2) is 20.1. The number of hydrogen-bond donors (Lipinski definition) is 0. The van der Waals surface area contributed by atoms with Crippen LogP contribution in [-0.4, -0.2) is 0 Å². The summed E-state index contributed by atoms with van der Waals surface area (Å²) < 4.78 is 511. The summed E-state index contributed by atoms with van der Waals surface area (Å²) in [6.07, 6.45) is 0. The zero-order valence-corrected chi connectivity index (χ0v) is 43.3. The monoisotopic (exact) mass is 1160 g/mol. The van der Waals surface area contributed by atoms with Crippen LogP contribution in [0, 0.1) is 0 Å². The first kappa shape index (κ1) is 19.5. The zero-order valence-electron chi connectivity index (χ0n) is 99.3. The molecule has 2 nitrogen and oxygen atoms in total. The first-order valence-electron chi connectivity index (χ1n) is 53.6. The maximum atomic E-state index is 9.72. The lowest BCUT2D eigenvalue weighted by Crippen LogP contribution is -2.14. The van der Waals surface area contributed by atoms with E-state index in [0.29, 0.717) is 0 Å². The van der Waals surface area contributed by atoms with Crippen LogP contribution in [-0.2, 0) is 5.41 Å². The van der Waals surface area contributed by atoms with Crippen LogP contribution in [0.5, 0.6) is 0 Å². The molecule has 0 saturated carbocycles. The number of para-hydroxylation sites is 1. The van der Waals surface area contributed by atoms with Crippen LogP contribution < -0.4 is 0 Å². The normalized spacial score (nSPS) is 21.9. The number of benzene rings is 15. The summed E-state index contributed by atoms with van der Waals surface area (Å²) in [5.41, 5.74) is -19.3. The number of furan rings is 2. The van der Waals surface area contributed by atoms with Crippen LogP contribution >= 0.6 is 0 Å².